The summed E-state index contributed by atoms with van der Waals surface area (Å²) in [6.45, 7) is 5.97. The zero-order valence-corrected chi connectivity index (χ0v) is 17.1. The number of carbonyl (C=O) groups is 1. The summed E-state index contributed by atoms with van der Waals surface area (Å²) in [5.74, 6) is 0.880. The lowest BCUT2D eigenvalue weighted by molar-refractivity contribution is -0.129. The number of halogens is 1. The Hall–Kier alpha value is -2.61. The Morgan fingerprint density at radius 2 is 2.11 bits per heavy atom. The second kappa shape index (κ2) is 8.39. The summed E-state index contributed by atoms with van der Waals surface area (Å²) in [5.41, 5.74) is 2.74. The fourth-order valence-electron chi connectivity index (χ4n) is 2.56. The van der Waals surface area contributed by atoms with Gasteiger partial charge < -0.3 is 14.2 Å². The summed E-state index contributed by atoms with van der Waals surface area (Å²) in [5, 5.41) is 0. The molecule has 1 aliphatic heterocycles. The van der Waals surface area contributed by atoms with Gasteiger partial charge in [0.2, 0.25) is 5.90 Å². The minimum Gasteiger partial charge on any atom is -0.493 e. The number of hydrogen-bond donors (Lipinski definition) is 0. The monoisotopic (exact) mass is 475 g/mol. The number of rotatable bonds is 6. The van der Waals surface area contributed by atoms with E-state index in [1.165, 1.54) is 0 Å². The third-order valence-electron chi connectivity index (χ3n) is 3.89. The van der Waals surface area contributed by atoms with E-state index in [2.05, 4.69) is 34.2 Å². The Balaban J connectivity index is 1.99. The Morgan fingerprint density at radius 1 is 1.30 bits per heavy atom. The minimum absolute atomic E-state index is 0.206. The van der Waals surface area contributed by atoms with E-state index in [0.29, 0.717) is 29.6 Å². The lowest BCUT2D eigenvalue weighted by atomic mass is 10.1. The van der Waals surface area contributed by atoms with Gasteiger partial charge in [0.25, 0.3) is 0 Å². The Morgan fingerprint density at radius 3 is 2.81 bits per heavy atom. The number of benzene rings is 2. The lowest BCUT2D eigenvalue weighted by Gasteiger charge is -2.12. The normalized spacial score (nSPS) is 14.7. The summed E-state index contributed by atoms with van der Waals surface area (Å²) in [7, 11) is 1.56. The van der Waals surface area contributed by atoms with E-state index in [9.17, 15) is 4.79 Å². The van der Waals surface area contributed by atoms with Crippen molar-refractivity contribution in [2.75, 3.05) is 13.7 Å². The third kappa shape index (κ3) is 4.21. The molecular weight excluding hydrogens is 457 g/mol. The van der Waals surface area contributed by atoms with Crippen molar-refractivity contribution in [1.82, 2.24) is 0 Å². The van der Waals surface area contributed by atoms with Gasteiger partial charge in [-0.25, -0.2) is 9.79 Å². The predicted molar refractivity (Wildman–Crippen MR) is 113 cm³/mol. The molecule has 0 spiro atoms. The van der Waals surface area contributed by atoms with E-state index in [-0.39, 0.29) is 5.70 Å². The maximum Gasteiger partial charge on any atom is 0.363 e. The average Bonchev–Trinajstić information content (AvgIpc) is 3.03. The van der Waals surface area contributed by atoms with Gasteiger partial charge in [-0.05, 0) is 65.4 Å². The molecule has 0 saturated carbocycles. The maximum atomic E-state index is 12.3. The molecule has 0 aliphatic carbocycles. The molecule has 0 unspecified atom stereocenters. The van der Waals surface area contributed by atoms with Gasteiger partial charge in [0, 0.05) is 14.7 Å². The predicted octanol–water partition coefficient (Wildman–Crippen LogP) is 4.52. The van der Waals surface area contributed by atoms with Crippen molar-refractivity contribution in [2.24, 2.45) is 4.99 Å². The molecule has 1 aliphatic rings. The fourth-order valence-corrected chi connectivity index (χ4v) is 2.90. The number of cyclic esters (lactones) is 1. The number of aliphatic imine (C=N–C) groups is 1. The van der Waals surface area contributed by atoms with Crippen molar-refractivity contribution in [3.05, 3.63) is 75.0 Å². The fraction of sp³-hybridized carbons (Fsp3) is 0.143. The van der Waals surface area contributed by atoms with Gasteiger partial charge in [0.1, 0.15) is 6.61 Å². The van der Waals surface area contributed by atoms with E-state index in [0.717, 1.165) is 14.7 Å². The summed E-state index contributed by atoms with van der Waals surface area (Å²) >= 11 is 2.26. The number of aryl methyl sites for hydroxylation is 1. The second-order valence-corrected chi connectivity index (χ2v) is 6.94. The van der Waals surface area contributed by atoms with Crippen LogP contribution in [-0.2, 0) is 9.53 Å². The number of methoxy groups -OCH3 is 1. The summed E-state index contributed by atoms with van der Waals surface area (Å²) in [6.07, 6.45) is 3.28. The van der Waals surface area contributed by atoms with Crippen LogP contribution in [0.1, 0.15) is 16.7 Å². The quantitative estimate of drug-likeness (QED) is 0.267. The number of hydrogen-bond acceptors (Lipinski definition) is 5. The van der Waals surface area contributed by atoms with Gasteiger partial charge in [0.15, 0.2) is 17.2 Å². The van der Waals surface area contributed by atoms with Crippen LogP contribution in [0.3, 0.4) is 0 Å². The highest BCUT2D eigenvalue weighted by Gasteiger charge is 2.25. The van der Waals surface area contributed by atoms with Gasteiger partial charge in [-0.1, -0.05) is 24.8 Å². The first-order valence-electron chi connectivity index (χ1n) is 8.23. The van der Waals surface area contributed by atoms with Crippen LogP contribution in [0.15, 0.2) is 59.7 Å². The van der Waals surface area contributed by atoms with Crippen molar-refractivity contribution in [1.29, 1.82) is 0 Å². The molecule has 0 radical (unpaired) electrons. The molecule has 0 N–H and O–H groups in total. The average molecular weight is 475 g/mol. The number of esters is 1. The molecule has 2 aromatic rings. The molecule has 0 aromatic heterocycles. The van der Waals surface area contributed by atoms with Gasteiger partial charge in [-0.2, -0.15) is 0 Å². The molecular formula is C21H18INO4. The molecule has 3 rings (SSSR count). The second-order valence-electron chi connectivity index (χ2n) is 5.78. The first-order chi connectivity index (χ1) is 13.0. The molecule has 0 fully saturated rings. The highest BCUT2D eigenvalue weighted by Crippen LogP contribution is 2.33. The van der Waals surface area contributed by atoms with Gasteiger partial charge >= 0.3 is 5.97 Å². The highest BCUT2D eigenvalue weighted by molar-refractivity contribution is 14.1. The van der Waals surface area contributed by atoms with Crippen LogP contribution in [0.5, 0.6) is 11.5 Å². The molecule has 0 saturated heterocycles. The molecule has 5 nitrogen and oxygen atoms in total. The zero-order valence-electron chi connectivity index (χ0n) is 15.0. The molecule has 0 atom stereocenters. The van der Waals surface area contributed by atoms with E-state index in [1.807, 2.05) is 37.3 Å². The number of nitrogens with zero attached hydrogens (tertiary/aromatic N) is 1. The van der Waals surface area contributed by atoms with Crippen LogP contribution >= 0.6 is 22.6 Å². The van der Waals surface area contributed by atoms with Gasteiger partial charge in [-0.3, -0.25) is 0 Å². The van der Waals surface area contributed by atoms with Crippen molar-refractivity contribution >= 4 is 40.5 Å². The van der Waals surface area contributed by atoms with Gasteiger partial charge in [0.05, 0.1) is 7.11 Å². The molecule has 138 valence electrons. The Kier molecular flexibility index (Phi) is 5.95. The topological polar surface area (TPSA) is 57.1 Å². The lowest BCUT2D eigenvalue weighted by Crippen LogP contribution is -2.06. The van der Waals surface area contributed by atoms with Crippen LogP contribution in [0.4, 0.5) is 0 Å². The van der Waals surface area contributed by atoms with E-state index in [1.54, 1.807) is 25.3 Å². The first kappa shape index (κ1) is 19.2. The largest absolute Gasteiger partial charge is 0.493 e. The smallest absolute Gasteiger partial charge is 0.363 e. The highest BCUT2D eigenvalue weighted by atomic mass is 127. The van der Waals surface area contributed by atoms with Crippen LogP contribution < -0.4 is 9.47 Å². The SMILES string of the molecule is C=CCOc1c(/C=C2\N=C(c3ccc(I)c(C)c3)OC2=O)cccc1OC. The third-order valence-corrected chi connectivity index (χ3v) is 5.10. The number of para-hydroxylation sites is 1. The Labute approximate surface area is 171 Å². The van der Waals surface area contributed by atoms with Crippen LogP contribution in [-0.4, -0.2) is 25.6 Å². The zero-order chi connectivity index (χ0) is 19.4. The van der Waals surface area contributed by atoms with E-state index < -0.39 is 5.97 Å². The van der Waals surface area contributed by atoms with Crippen molar-refractivity contribution in [3.8, 4) is 11.5 Å². The van der Waals surface area contributed by atoms with Gasteiger partial charge in [-0.15, -0.1) is 0 Å². The first-order valence-corrected chi connectivity index (χ1v) is 9.31. The Bertz CT molecular complexity index is 963. The summed E-state index contributed by atoms with van der Waals surface area (Å²) in [4.78, 5) is 16.7. The summed E-state index contributed by atoms with van der Waals surface area (Å²) in [6, 6.07) is 11.2. The van der Waals surface area contributed by atoms with Crippen molar-refractivity contribution in [2.45, 2.75) is 6.92 Å². The molecule has 0 bridgehead atoms. The molecule has 2 aromatic carbocycles. The number of ether oxygens (including phenoxy) is 3. The molecule has 27 heavy (non-hydrogen) atoms. The van der Waals surface area contributed by atoms with Crippen molar-refractivity contribution < 1.29 is 19.0 Å². The van der Waals surface area contributed by atoms with E-state index in [4.69, 9.17) is 14.2 Å². The molecule has 0 amide bonds. The van der Waals surface area contributed by atoms with Crippen molar-refractivity contribution in [3.63, 3.8) is 0 Å². The van der Waals surface area contributed by atoms with Crippen LogP contribution in [0, 0.1) is 10.5 Å². The van der Waals surface area contributed by atoms with Crippen LogP contribution in [0.25, 0.3) is 6.08 Å². The standard InChI is InChI=1S/C21H18INO4/c1-4-10-26-19-14(6-5-7-18(19)25-3)12-17-21(24)27-20(23-17)15-8-9-16(22)13(2)11-15/h4-9,11-12H,1,10H2,2-3H3/b17-12-. The summed E-state index contributed by atoms with van der Waals surface area (Å²) < 4.78 is 17.5. The van der Waals surface area contributed by atoms with E-state index >= 15 is 0 Å². The van der Waals surface area contributed by atoms with Crippen LogP contribution in [0.2, 0.25) is 0 Å². The minimum atomic E-state index is -0.501. The molecule has 1 heterocycles. The maximum absolute atomic E-state index is 12.3. The number of carbonyl (C=O) groups excluding carboxylic acids is 1. The molecule has 6 heteroatoms.